The number of methoxy groups -OCH3 is 1. The number of unbranched alkanes of at least 4 members (excludes halogenated alkanes) is 1. The van der Waals surface area contributed by atoms with Crippen molar-refractivity contribution in [2.75, 3.05) is 40.5 Å². The van der Waals surface area contributed by atoms with Gasteiger partial charge in [-0.3, -0.25) is 9.59 Å². The van der Waals surface area contributed by atoms with Gasteiger partial charge in [0.25, 0.3) is 0 Å². The Bertz CT molecular complexity index is 408. The van der Waals surface area contributed by atoms with Gasteiger partial charge in [-0.1, -0.05) is 13.8 Å². The summed E-state index contributed by atoms with van der Waals surface area (Å²) in [6.07, 6.45) is 2.55. The van der Waals surface area contributed by atoms with E-state index in [4.69, 9.17) is 9.47 Å². The van der Waals surface area contributed by atoms with Gasteiger partial charge in [0.1, 0.15) is 0 Å². The SMILES string of the molecule is CNCCCC[C@@H](NC(=O)C(C)(C)COCC(C)(C)COC)C(C)=O. The van der Waals surface area contributed by atoms with Gasteiger partial charge in [-0.2, -0.15) is 0 Å². The van der Waals surface area contributed by atoms with Crippen LogP contribution in [0.2, 0.25) is 0 Å². The molecule has 0 aromatic rings. The Morgan fingerprint density at radius 2 is 1.68 bits per heavy atom. The number of hydrogen-bond donors (Lipinski definition) is 2. The van der Waals surface area contributed by atoms with Gasteiger partial charge in [0.05, 0.1) is 31.3 Å². The lowest BCUT2D eigenvalue weighted by Crippen LogP contribution is -2.47. The standard InChI is InChI=1S/C19H38N2O4/c1-15(22)16(10-8-9-11-20-6)21-17(23)19(4,5)14-25-13-18(2,3)12-24-7/h16,20H,8-14H2,1-7H3,(H,21,23)/t16-/m1/s1. The maximum absolute atomic E-state index is 12.6. The Morgan fingerprint density at radius 1 is 1.04 bits per heavy atom. The summed E-state index contributed by atoms with van der Waals surface area (Å²) >= 11 is 0. The Labute approximate surface area is 153 Å². The van der Waals surface area contributed by atoms with Gasteiger partial charge in [-0.15, -0.1) is 0 Å². The van der Waals surface area contributed by atoms with Crippen LogP contribution in [0.1, 0.15) is 53.9 Å². The molecule has 0 bridgehead atoms. The number of ether oxygens (including phenoxy) is 2. The van der Waals surface area contributed by atoms with Crippen LogP contribution in [0.4, 0.5) is 0 Å². The average Bonchev–Trinajstić information content (AvgIpc) is 2.49. The lowest BCUT2D eigenvalue weighted by Gasteiger charge is -2.29. The molecule has 1 atom stereocenters. The lowest BCUT2D eigenvalue weighted by molar-refractivity contribution is -0.136. The summed E-state index contributed by atoms with van der Waals surface area (Å²) in [4.78, 5) is 24.4. The first kappa shape index (κ1) is 24.0. The molecule has 0 aromatic carbocycles. The van der Waals surface area contributed by atoms with Crippen LogP contribution < -0.4 is 10.6 Å². The first-order valence-corrected chi connectivity index (χ1v) is 9.08. The summed E-state index contributed by atoms with van der Waals surface area (Å²) < 4.78 is 10.9. The Morgan fingerprint density at radius 3 is 2.20 bits per heavy atom. The molecule has 0 unspecified atom stereocenters. The number of carbonyl (C=O) groups is 2. The molecule has 0 aromatic heterocycles. The topological polar surface area (TPSA) is 76.7 Å². The number of rotatable bonds is 14. The van der Waals surface area contributed by atoms with Crippen molar-refractivity contribution in [3.8, 4) is 0 Å². The zero-order valence-corrected chi connectivity index (χ0v) is 17.2. The zero-order valence-electron chi connectivity index (χ0n) is 17.2. The van der Waals surface area contributed by atoms with Crippen LogP contribution in [0.15, 0.2) is 0 Å². The molecule has 6 heteroatoms. The summed E-state index contributed by atoms with van der Waals surface area (Å²) in [6.45, 7) is 11.6. The van der Waals surface area contributed by atoms with E-state index in [1.165, 1.54) is 6.92 Å². The second-order valence-electron chi connectivity index (χ2n) is 8.21. The van der Waals surface area contributed by atoms with Crippen molar-refractivity contribution in [2.24, 2.45) is 10.8 Å². The van der Waals surface area contributed by atoms with Crippen molar-refractivity contribution in [3.05, 3.63) is 0 Å². The lowest BCUT2D eigenvalue weighted by atomic mass is 9.91. The molecule has 0 rings (SSSR count). The fourth-order valence-electron chi connectivity index (χ4n) is 2.46. The largest absolute Gasteiger partial charge is 0.384 e. The normalized spacial score (nSPS) is 13.6. The van der Waals surface area contributed by atoms with Gasteiger partial charge >= 0.3 is 0 Å². The fraction of sp³-hybridized carbons (Fsp3) is 0.895. The molecule has 2 N–H and O–H groups in total. The summed E-state index contributed by atoms with van der Waals surface area (Å²) in [5.74, 6) is -0.151. The fourth-order valence-corrected chi connectivity index (χ4v) is 2.46. The molecule has 6 nitrogen and oxygen atoms in total. The third-order valence-electron chi connectivity index (χ3n) is 4.07. The van der Waals surface area contributed by atoms with E-state index in [1.807, 2.05) is 20.9 Å². The van der Waals surface area contributed by atoms with Crippen LogP contribution in [0, 0.1) is 10.8 Å². The maximum atomic E-state index is 12.6. The van der Waals surface area contributed by atoms with Crippen molar-refractivity contribution in [1.29, 1.82) is 0 Å². The highest BCUT2D eigenvalue weighted by atomic mass is 16.5. The van der Waals surface area contributed by atoms with E-state index in [0.717, 1.165) is 19.4 Å². The van der Waals surface area contributed by atoms with E-state index < -0.39 is 11.5 Å². The number of Topliss-reactive ketones (excluding diaryl/α,β-unsaturated/α-hetero) is 1. The maximum Gasteiger partial charge on any atom is 0.228 e. The van der Waals surface area contributed by atoms with Crippen molar-refractivity contribution in [1.82, 2.24) is 10.6 Å². The average molecular weight is 359 g/mol. The zero-order chi connectivity index (χ0) is 19.5. The van der Waals surface area contributed by atoms with Crippen molar-refractivity contribution in [3.63, 3.8) is 0 Å². The van der Waals surface area contributed by atoms with E-state index in [9.17, 15) is 9.59 Å². The molecule has 25 heavy (non-hydrogen) atoms. The summed E-state index contributed by atoms with van der Waals surface area (Å²) in [5, 5.41) is 5.98. The molecule has 0 saturated carbocycles. The molecule has 0 heterocycles. The van der Waals surface area contributed by atoms with E-state index in [1.54, 1.807) is 7.11 Å². The second kappa shape index (κ2) is 11.6. The van der Waals surface area contributed by atoms with Gasteiger partial charge in [-0.25, -0.2) is 0 Å². The number of hydrogen-bond acceptors (Lipinski definition) is 5. The van der Waals surface area contributed by atoms with Gasteiger partial charge in [0.2, 0.25) is 5.91 Å². The highest BCUT2D eigenvalue weighted by Gasteiger charge is 2.31. The summed E-state index contributed by atoms with van der Waals surface area (Å²) in [6, 6.07) is -0.423. The highest BCUT2D eigenvalue weighted by Crippen LogP contribution is 2.21. The minimum atomic E-state index is -0.693. The Balaban J connectivity index is 4.47. The predicted octanol–water partition coefficient (Wildman–Crippen LogP) is 2.17. The third-order valence-corrected chi connectivity index (χ3v) is 4.07. The summed E-state index contributed by atoms with van der Waals surface area (Å²) in [7, 11) is 3.57. The van der Waals surface area contributed by atoms with Crippen LogP contribution in [-0.4, -0.2) is 58.3 Å². The molecule has 0 spiro atoms. The Hall–Kier alpha value is -0.980. The molecular formula is C19H38N2O4. The molecule has 0 aliphatic heterocycles. The molecule has 0 aliphatic carbocycles. The van der Waals surface area contributed by atoms with Crippen LogP contribution in [0.3, 0.4) is 0 Å². The second-order valence-corrected chi connectivity index (χ2v) is 8.21. The highest BCUT2D eigenvalue weighted by molar-refractivity contribution is 5.89. The van der Waals surface area contributed by atoms with Crippen LogP contribution in [-0.2, 0) is 19.1 Å². The number of ketones is 1. The van der Waals surface area contributed by atoms with E-state index in [2.05, 4.69) is 24.5 Å². The van der Waals surface area contributed by atoms with Crippen LogP contribution in [0.25, 0.3) is 0 Å². The van der Waals surface area contributed by atoms with E-state index in [0.29, 0.717) is 26.2 Å². The Kier molecular flexibility index (Phi) is 11.1. The van der Waals surface area contributed by atoms with Crippen molar-refractivity contribution < 1.29 is 19.1 Å². The number of carbonyl (C=O) groups excluding carboxylic acids is 2. The number of nitrogens with one attached hydrogen (secondary N) is 2. The third kappa shape index (κ3) is 10.6. The predicted molar refractivity (Wildman–Crippen MR) is 101 cm³/mol. The van der Waals surface area contributed by atoms with Crippen molar-refractivity contribution >= 4 is 11.7 Å². The summed E-state index contributed by atoms with van der Waals surface area (Å²) in [5.41, 5.74) is -0.793. The molecule has 0 aliphatic rings. The van der Waals surface area contributed by atoms with Gasteiger partial charge < -0.3 is 20.1 Å². The first-order valence-electron chi connectivity index (χ1n) is 9.08. The molecule has 0 radical (unpaired) electrons. The monoisotopic (exact) mass is 358 g/mol. The molecular weight excluding hydrogens is 320 g/mol. The smallest absolute Gasteiger partial charge is 0.228 e. The number of amides is 1. The van der Waals surface area contributed by atoms with Crippen LogP contribution in [0.5, 0.6) is 0 Å². The molecule has 0 saturated heterocycles. The van der Waals surface area contributed by atoms with Gasteiger partial charge in [-0.05, 0) is 53.6 Å². The van der Waals surface area contributed by atoms with Crippen molar-refractivity contribution in [2.45, 2.75) is 59.9 Å². The van der Waals surface area contributed by atoms with Gasteiger partial charge in [0.15, 0.2) is 5.78 Å². The minimum absolute atomic E-state index is 0.00393. The van der Waals surface area contributed by atoms with Gasteiger partial charge in [0, 0.05) is 12.5 Å². The molecule has 1 amide bonds. The van der Waals surface area contributed by atoms with Crippen LogP contribution >= 0.6 is 0 Å². The van der Waals surface area contributed by atoms with E-state index >= 15 is 0 Å². The molecule has 148 valence electrons. The molecule has 0 fully saturated rings. The quantitative estimate of drug-likeness (QED) is 0.465. The first-order chi connectivity index (χ1) is 11.6. The minimum Gasteiger partial charge on any atom is -0.384 e. The van der Waals surface area contributed by atoms with E-state index in [-0.39, 0.29) is 17.1 Å².